The zero-order chi connectivity index (χ0) is 15.4. The summed E-state index contributed by atoms with van der Waals surface area (Å²) >= 11 is 0. The molecule has 0 saturated carbocycles. The standard InChI is InChI=1S/C14H19N3O4/c1-2-3-11-6-8-15(9-7-11)13-5-4-12(16(18)19)10-14(13)17(20)21/h4-5,10-11H,2-3,6-9H2,1H3. The number of anilines is 1. The number of hydrogen-bond donors (Lipinski definition) is 0. The lowest BCUT2D eigenvalue weighted by Crippen LogP contribution is -2.34. The van der Waals surface area contributed by atoms with Gasteiger partial charge in [-0.1, -0.05) is 19.8 Å². The number of piperidine rings is 1. The molecule has 1 aliphatic rings. The average Bonchev–Trinajstić information content (AvgIpc) is 2.47. The molecule has 21 heavy (non-hydrogen) atoms. The number of benzene rings is 1. The first-order valence-electron chi connectivity index (χ1n) is 7.20. The highest BCUT2D eigenvalue weighted by molar-refractivity contribution is 5.67. The third-order valence-corrected chi connectivity index (χ3v) is 4.02. The predicted octanol–water partition coefficient (Wildman–Crippen LogP) is 3.52. The third kappa shape index (κ3) is 3.48. The lowest BCUT2D eigenvalue weighted by atomic mass is 9.92. The maximum absolute atomic E-state index is 11.2. The highest BCUT2D eigenvalue weighted by atomic mass is 16.6. The van der Waals surface area contributed by atoms with Crippen molar-refractivity contribution in [3.63, 3.8) is 0 Å². The fraction of sp³-hybridized carbons (Fsp3) is 0.571. The normalized spacial score (nSPS) is 16.0. The van der Waals surface area contributed by atoms with Crippen LogP contribution in [0.25, 0.3) is 0 Å². The van der Waals surface area contributed by atoms with E-state index in [9.17, 15) is 20.2 Å². The lowest BCUT2D eigenvalue weighted by Gasteiger charge is -2.33. The Morgan fingerprint density at radius 2 is 1.86 bits per heavy atom. The van der Waals surface area contributed by atoms with Gasteiger partial charge in [-0.15, -0.1) is 0 Å². The average molecular weight is 293 g/mol. The molecule has 0 aliphatic carbocycles. The van der Waals surface area contributed by atoms with Crippen LogP contribution in [0.5, 0.6) is 0 Å². The summed E-state index contributed by atoms with van der Waals surface area (Å²) in [5.74, 6) is 0.684. The molecule has 0 atom stereocenters. The SMILES string of the molecule is CCCC1CCN(c2ccc([N+](=O)[O-])cc2[N+](=O)[O-])CC1. The van der Waals surface area contributed by atoms with Crippen molar-refractivity contribution in [2.45, 2.75) is 32.6 Å². The van der Waals surface area contributed by atoms with Crippen LogP contribution in [0.15, 0.2) is 18.2 Å². The molecule has 2 rings (SSSR count). The Morgan fingerprint density at radius 1 is 1.19 bits per heavy atom. The minimum absolute atomic E-state index is 0.182. The van der Waals surface area contributed by atoms with Gasteiger partial charge in [-0.3, -0.25) is 20.2 Å². The fourth-order valence-corrected chi connectivity index (χ4v) is 2.91. The number of rotatable bonds is 5. The van der Waals surface area contributed by atoms with E-state index in [4.69, 9.17) is 0 Å². The summed E-state index contributed by atoms with van der Waals surface area (Å²) in [5, 5.41) is 21.9. The van der Waals surface area contributed by atoms with E-state index in [0.717, 1.165) is 38.4 Å². The lowest BCUT2D eigenvalue weighted by molar-refractivity contribution is -0.393. The Morgan fingerprint density at radius 3 is 2.38 bits per heavy atom. The van der Waals surface area contributed by atoms with Crippen molar-refractivity contribution in [1.82, 2.24) is 0 Å². The number of hydrogen-bond acceptors (Lipinski definition) is 5. The van der Waals surface area contributed by atoms with Crippen LogP contribution < -0.4 is 4.90 Å². The van der Waals surface area contributed by atoms with Crippen LogP contribution in [0.4, 0.5) is 17.1 Å². The van der Waals surface area contributed by atoms with Gasteiger partial charge in [0.05, 0.1) is 15.9 Å². The van der Waals surface area contributed by atoms with E-state index in [-0.39, 0.29) is 11.4 Å². The fourth-order valence-electron chi connectivity index (χ4n) is 2.91. The molecule has 0 amide bonds. The molecule has 0 radical (unpaired) electrons. The Bertz CT molecular complexity index is 539. The molecule has 1 fully saturated rings. The molecule has 7 nitrogen and oxygen atoms in total. The molecule has 7 heteroatoms. The van der Waals surface area contributed by atoms with Crippen LogP contribution in [0, 0.1) is 26.1 Å². The molecular weight excluding hydrogens is 274 g/mol. The van der Waals surface area contributed by atoms with Crippen molar-refractivity contribution in [1.29, 1.82) is 0 Å². The first-order valence-corrected chi connectivity index (χ1v) is 7.20. The Kier molecular flexibility index (Phi) is 4.72. The largest absolute Gasteiger partial charge is 0.366 e. The van der Waals surface area contributed by atoms with Gasteiger partial charge in [0.1, 0.15) is 5.69 Å². The van der Waals surface area contributed by atoms with Gasteiger partial charge in [0.25, 0.3) is 11.4 Å². The van der Waals surface area contributed by atoms with Gasteiger partial charge in [0.2, 0.25) is 0 Å². The second kappa shape index (κ2) is 6.51. The number of nitro groups is 2. The summed E-state index contributed by atoms with van der Waals surface area (Å²) in [7, 11) is 0. The van der Waals surface area contributed by atoms with Crippen molar-refractivity contribution in [3.05, 3.63) is 38.4 Å². The van der Waals surface area contributed by atoms with E-state index in [1.54, 1.807) is 0 Å². The minimum Gasteiger partial charge on any atom is -0.366 e. The topological polar surface area (TPSA) is 89.5 Å². The molecule has 0 unspecified atom stereocenters. The molecule has 114 valence electrons. The van der Waals surface area contributed by atoms with Gasteiger partial charge in [-0.25, -0.2) is 0 Å². The maximum atomic E-state index is 11.2. The van der Waals surface area contributed by atoms with Gasteiger partial charge < -0.3 is 4.90 Å². The first-order chi connectivity index (χ1) is 10.0. The Balaban J connectivity index is 2.20. The monoisotopic (exact) mass is 293 g/mol. The van der Waals surface area contributed by atoms with E-state index >= 15 is 0 Å². The zero-order valence-corrected chi connectivity index (χ0v) is 12.0. The van der Waals surface area contributed by atoms with Crippen LogP contribution in [0.1, 0.15) is 32.6 Å². The number of nitro benzene ring substituents is 2. The van der Waals surface area contributed by atoms with Gasteiger partial charge in [-0.2, -0.15) is 0 Å². The van der Waals surface area contributed by atoms with E-state index in [1.807, 2.05) is 4.90 Å². The number of non-ortho nitro benzene ring substituents is 1. The van der Waals surface area contributed by atoms with Crippen molar-refractivity contribution in [2.75, 3.05) is 18.0 Å². The third-order valence-electron chi connectivity index (χ3n) is 4.02. The van der Waals surface area contributed by atoms with Crippen molar-refractivity contribution < 1.29 is 9.85 Å². The molecule has 1 saturated heterocycles. The summed E-state index contributed by atoms with van der Waals surface area (Å²) < 4.78 is 0. The van der Waals surface area contributed by atoms with Gasteiger partial charge in [0, 0.05) is 19.2 Å². The zero-order valence-electron chi connectivity index (χ0n) is 12.0. The molecule has 1 aromatic rings. The van der Waals surface area contributed by atoms with E-state index in [2.05, 4.69) is 6.92 Å². The first kappa shape index (κ1) is 15.2. The molecule has 0 N–H and O–H groups in total. The molecule has 1 aliphatic heterocycles. The Hall–Kier alpha value is -2.18. The summed E-state index contributed by atoms with van der Waals surface area (Å²) in [6, 6.07) is 3.88. The predicted molar refractivity (Wildman–Crippen MR) is 79.6 cm³/mol. The minimum atomic E-state index is -0.607. The van der Waals surface area contributed by atoms with E-state index in [0.29, 0.717) is 11.6 Å². The van der Waals surface area contributed by atoms with Crippen LogP contribution in [0.2, 0.25) is 0 Å². The molecule has 0 aromatic heterocycles. The maximum Gasteiger partial charge on any atom is 0.299 e. The summed E-state index contributed by atoms with van der Waals surface area (Å²) in [6.07, 6.45) is 4.38. The van der Waals surface area contributed by atoms with Gasteiger partial charge >= 0.3 is 0 Å². The van der Waals surface area contributed by atoms with Crippen LogP contribution in [-0.2, 0) is 0 Å². The second-order valence-electron chi connectivity index (χ2n) is 5.41. The highest BCUT2D eigenvalue weighted by Gasteiger charge is 2.26. The van der Waals surface area contributed by atoms with Crippen molar-refractivity contribution >= 4 is 17.1 Å². The summed E-state index contributed by atoms with van der Waals surface area (Å²) in [5.41, 5.74) is 0.0602. The van der Waals surface area contributed by atoms with E-state index < -0.39 is 9.85 Å². The van der Waals surface area contributed by atoms with Crippen LogP contribution >= 0.6 is 0 Å². The number of nitrogens with zero attached hydrogens (tertiary/aromatic N) is 3. The van der Waals surface area contributed by atoms with Crippen molar-refractivity contribution in [2.24, 2.45) is 5.92 Å². The summed E-state index contributed by atoms with van der Waals surface area (Å²) in [4.78, 5) is 22.7. The Labute approximate surface area is 122 Å². The van der Waals surface area contributed by atoms with E-state index in [1.165, 1.54) is 18.6 Å². The van der Waals surface area contributed by atoms with Gasteiger partial charge in [0.15, 0.2) is 0 Å². The summed E-state index contributed by atoms with van der Waals surface area (Å²) in [6.45, 7) is 3.69. The molecule has 1 heterocycles. The molecule has 0 spiro atoms. The second-order valence-corrected chi connectivity index (χ2v) is 5.41. The highest BCUT2D eigenvalue weighted by Crippen LogP contribution is 2.34. The van der Waals surface area contributed by atoms with Crippen LogP contribution in [-0.4, -0.2) is 22.9 Å². The quantitative estimate of drug-likeness (QED) is 0.612. The molecule has 1 aromatic carbocycles. The molecular formula is C14H19N3O4. The molecule has 0 bridgehead atoms. The van der Waals surface area contributed by atoms with Gasteiger partial charge in [-0.05, 0) is 24.8 Å². The van der Waals surface area contributed by atoms with Crippen molar-refractivity contribution in [3.8, 4) is 0 Å². The van der Waals surface area contributed by atoms with Crippen LogP contribution in [0.3, 0.4) is 0 Å². The smallest absolute Gasteiger partial charge is 0.299 e.